The van der Waals surface area contributed by atoms with Crippen LogP contribution in [0.1, 0.15) is 31.4 Å². The first-order chi connectivity index (χ1) is 19.9. The van der Waals surface area contributed by atoms with Crippen LogP contribution in [0.4, 0.5) is 5.00 Å². The van der Waals surface area contributed by atoms with Crippen LogP contribution in [0.2, 0.25) is 0 Å². The highest BCUT2D eigenvalue weighted by Crippen LogP contribution is 2.39. The Morgan fingerprint density at radius 1 is 1.07 bits per heavy atom. The molecular weight excluding hydrogens is 560 g/mol. The number of hydrogen-bond acceptors (Lipinski definition) is 9. The maximum Gasteiger partial charge on any atom is 0.250 e. The third kappa shape index (κ3) is 6.29. The van der Waals surface area contributed by atoms with Crippen LogP contribution in [-0.4, -0.2) is 63.4 Å². The topological polar surface area (TPSA) is 137 Å². The number of carbonyl (C=O) groups is 3. The largest absolute Gasteiger partial charge is 0.508 e. The molecule has 4 N–H and O–H groups in total. The lowest BCUT2D eigenvalue weighted by Gasteiger charge is -2.29. The van der Waals surface area contributed by atoms with Crippen molar-refractivity contribution in [1.82, 2.24) is 25.5 Å². The van der Waals surface area contributed by atoms with Gasteiger partial charge in [0.15, 0.2) is 10.0 Å². The van der Waals surface area contributed by atoms with E-state index >= 15 is 0 Å². The van der Waals surface area contributed by atoms with Crippen molar-refractivity contribution in [2.45, 2.75) is 37.9 Å². The van der Waals surface area contributed by atoms with Gasteiger partial charge in [0.2, 0.25) is 17.7 Å². The molecule has 1 aliphatic heterocycles. The summed E-state index contributed by atoms with van der Waals surface area (Å²) in [5, 5.41) is 22.4. The highest BCUT2D eigenvalue weighted by molar-refractivity contribution is 7.23. The minimum Gasteiger partial charge on any atom is -0.508 e. The number of rotatable bonds is 9. The molecule has 4 aromatic rings. The second-order valence-corrected chi connectivity index (χ2v) is 11.5. The number of nitrogens with zero attached hydrogens (tertiary/aromatic N) is 3. The van der Waals surface area contributed by atoms with Crippen LogP contribution in [0.15, 0.2) is 66.2 Å². The van der Waals surface area contributed by atoms with Crippen LogP contribution in [-0.2, 0) is 14.4 Å². The van der Waals surface area contributed by atoms with E-state index in [4.69, 9.17) is 4.98 Å². The van der Waals surface area contributed by atoms with Crippen LogP contribution in [0.25, 0.3) is 21.3 Å². The molecule has 3 heterocycles. The number of anilines is 1. The summed E-state index contributed by atoms with van der Waals surface area (Å²) in [6.45, 7) is 2.07. The number of aromatic hydroxyl groups is 1. The Labute approximate surface area is 245 Å². The molecule has 0 saturated carbocycles. The minimum absolute atomic E-state index is 0.0455. The van der Waals surface area contributed by atoms with Crippen LogP contribution in [0, 0.1) is 0 Å². The average Bonchev–Trinajstić information content (AvgIpc) is 3.77. The fourth-order valence-corrected chi connectivity index (χ4v) is 6.30. The first-order valence-corrected chi connectivity index (χ1v) is 14.9. The summed E-state index contributed by atoms with van der Waals surface area (Å²) < 4.78 is 0. The molecule has 0 bridgehead atoms. The summed E-state index contributed by atoms with van der Waals surface area (Å²) in [4.78, 5) is 51.1. The molecule has 5 rings (SSSR count). The fraction of sp³-hybridized carbons (Fsp3) is 0.276. The number of phenolic OH excluding ortho intramolecular Hbond substituents is 1. The number of carbonyl (C=O) groups excluding carboxylic acids is 3. The molecule has 12 heteroatoms. The van der Waals surface area contributed by atoms with Gasteiger partial charge in [-0.1, -0.05) is 53.8 Å². The van der Waals surface area contributed by atoms with E-state index in [2.05, 4.69) is 20.9 Å². The highest BCUT2D eigenvalue weighted by Gasteiger charge is 2.39. The van der Waals surface area contributed by atoms with E-state index in [1.54, 1.807) is 32.3 Å². The van der Waals surface area contributed by atoms with Gasteiger partial charge in [-0.3, -0.25) is 14.4 Å². The lowest BCUT2D eigenvalue weighted by atomic mass is 10.0. The molecule has 41 heavy (non-hydrogen) atoms. The average molecular weight is 591 g/mol. The lowest BCUT2D eigenvalue weighted by Crippen LogP contribution is -2.51. The van der Waals surface area contributed by atoms with Crippen molar-refractivity contribution in [2.24, 2.45) is 0 Å². The molecule has 1 saturated heterocycles. The Balaban J connectivity index is 1.41. The minimum atomic E-state index is -1.02. The Hall–Kier alpha value is -4.13. The summed E-state index contributed by atoms with van der Waals surface area (Å²) in [5.41, 5.74) is 2.01. The van der Waals surface area contributed by atoms with Crippen molar-refractivity contribution in [3.05, 3.63) is 71.7 Å². The van der Waals surface area contributed by atoms with Crippen molar-refractivity contribution in [1.29, 1.82) is 0 Å². The van der Waals surface area contributed by atoms with Crippen LogP contribution in [0.3, 0.4) is 0 Å². The second-order valence-electron chi connectivity index (χ2n) is 9.62. The van der Waals surface area contributed by atoms with Gasteiger partial charge in [-0.05, 0) is 44.5 Å². The van der Waals surface area contributed by atoms with E-state index in [1.807, 2.05) is 35.7 Å². The molecule has 2 aromatic carbocycles. The van der Waals surface area contributed by atoms with Gasteiger partial charge in [-0.25, -0.2) is 9.97 Å². The zero-order valence-corrected chi connectivity index (χ0v) is 24.2. The van der Waals surface area contributed by atoms with Crippen LogP contribution >= 0.6 is 22.7 Å². The van der Waals surface area contributed by atoms with Crippen molar-refractivity contribution >= 4 is 45.4 Å². The summed E-state index contributed by atoms with van der Waals surface area (Å²) in [5.74, 6) is -1.02. The molecule has 2 aromatic heterocycles. The quantitative estimate of drug-likeness (QED) is 0.231. The van der Waals surface area contributed by atoms with Gasteiger partial charge in [0.25, 0.3) is 0 Å². The third-order valence-electron chi connectivity index (χ3n) is 6.95. The molecule has 1 fully saturated rings. The van der Waals surface area contributed by atoms with Crippen molar-refractivity contribution in [2.75, 3.05) is 18.9 Å². The Morgan fingerprint density at radius 3 is 2.51 bits per heavy atom. The predicted octanol–water partition coefficient (Wildman–Crippen LogP) is 4.03. The molecule has 0 spiro atoms. The molecule has 0 unspecified atom stereocenters. The first kappa shape index (κ1) is 28.4. The standard InChI is InChI=1S/C29H30N6O4S2/c1-17(30-2)24(37)32-23(19-10-12-20(36)13-11-19)29(39)35-15-6-9-21(35)25(38)34-26-22(18-7-4-3-5-8-18)33-28(41-26)27-31-14-16-40-27/h3-5,7-8,10-14,16-17,21,23,30,36H,6,9,15H2,1-2H3,(H,32,37)(H,34,38)/t17-,21-,23-/m0/s1. The fourth-order valence-electron chi connectivity index (χ4n) is 4.63. The SMILES string of the molecule is CN[C@@H](C)C(=O)N[C@H](C(=O)N1CCC[C@H]1C(=O)Nc1sc(-c2nccs2)nc1-c1ccccc1)c1ccc(O)cc1. The van der Waals surface area contributed by atoms with E-state index in [-0.39, 0.29) is 23.5 Å². The molecule has 0 aliphatic carbocycles. The van der Waals surface area contributed by atoms with Crippen molar-refractivity contribution in [3.8, 4) is 27.0 Å². The predicted molar refractivity (Wildman–Crippen MR) is 160 cm³/mol. The van der Waals surface area contributed by atoms with Gasteiger partial charge in [0.05, 0.1) is 6.04 Å². The van der Waals surface area contributed by atoms with E-state index in [0.717, 1.165) is 10.6 Å². The van der Waals surface area contributed by atoms with E-state index in [0.29, 0.717) is 40.7 Å². The van der Waals surface area contributed by atoms with Gasteiger partial charge in [0.1, 0.15) is 28.5 Å². The Kier molecular flexibility index (Phi) is 8.72. The lowest BCUT2D eigenvalue weighted by molar-refractivity contribution is -0.140. The zero-order chi connectivity index (χ0) is 28.9. The smallest absolute Gasteiger partial charge is 0.250 e. The maximum absolute atomic E-state index is 13.9. The number of phenols is 1. The Morgan fingerprint density at radius 2 is 1.83 bits per heavy atom. The van der Waals surface area contributed by atoms with Gasteiger partial charge in [-0.15, -0.1) is 11.3 Å². The van der Waals surface area contributed by atoms with Crippen LogP contribution < -0.4 is 16.0 Å². The summed E-state index contributed by atoms with van der Waals surface area (Å²) in [6.07, 6.45) is 2.84. The highest BCUT2D eigenvalue weighted by atomic mass is 32.1. The van der Waals surface area contributed by atoms with Gasteiger partial charge in [0, 0.05) is 23.7 Å². The number of likely N-dealkylation sites (N-methyl/N-ethyl adjacent to an activating group) is 1. The normalized spacial score (nSPS) is 16.2. The number of aromatic nitrogens is 2. The van der Waals surface area contributed by atoms with Gasteiger partial charge < -0.3 is 26.0 Å². The number of nitrogens with one attached hydrogen (secondary N) is 3. The number of likely N-dealkylation sites (tertiary alicyclic amines) is 1. The van der Waals surface area contributed by atoms with Crippen LogP contribution in [0.5, 0.6) is 5.75 Å². The summed E-state index contributed by atoms with van der Waals surface area (Å²) in [6, 6.07) is 13.4. The molecule has 3 atom stereocenters. The molecule has 1 aliphatic rings. The summed E-state index contributed by atoms with van der Waals surface area (Å²) in [7, 11) is 1.66. The number of thiazole rings is 2. The molecule has 212 valence electrons. The second kappa shape index (κ2) is 12.6. The van der Waals surface area contributed by atoms with Crippen molar-refractivity contribution < 1.29 is 19.5 Å². The molecule has 10 nitrogen and oxygen atoms in total. The van der Waals surface area contributed by atoms with E-state index in [9.17, 15) is 19.5 Å². The van der Waals surface area contributed by atoms with Gasteiger partial charge >= 0.3 is 0 Å². The first-order valence-electron chi connectivity index (χ1n) is 13.2. The number of amides is 3. The number of hydrogen-bond donors (Lipinski definition) is 4. The summed E-state index contributed by atoms with van der Waals surface area (Å²) >= 11 is 2.81. The van der Waals surface area contributed by atoms with E-state index < -0.39 is 18.1 Å². The molecule has 0 radical (unpaired) electrons. The maximum atomic E-state index is 13.9. The van der Waals surface area contributed by atoms with Crippen molar-refractivity contribution in [3.63, 3.8) is 0 Å². The number of benzene rings is 2. The zero-order valence-electron chi connectivity index (χ0n) is 22.5. The monoisotopic (exact) mass is 590 g/mol. The van der Waals surface area contributed by atoms with E-state index in [1.165, 1.54) is 39.7 Å². The molecular formula is C29H30N6O4S2. The third-order valence-corrected chi connectivity index (χ3v) is 8.84. The Bertz CT molecular complexity index is 1510. The van der Waals surface area contributed by atoms with Gasteiger partial charge in [-0.2, -0.15) is 0 Å². The molecule has 3 amide bonds.